The van der Waals surface area contributed by atoms with Crippen LogP contribution in [0.1, 0.15) is 62.5 Å². The number of guanidine groups is 1. The molecular formula is C24H40N4O. The van der Waals surface area contributed by atoms with Gasteiger partial charge in [0.1, 0.15) is 0 Å². The van der Waals surface area contributed by atoms with E-state index in [-0.39, 0.29) is 0 Å². The van der Waals surface area contributed by atoms with Crippen LogP contribution in [-0.4, -0.2) is 51.3 Å². The highest BCUT2D eigenvalue weighted by molar-refractivity contribution is 5.79. The van der Waals surface area contributed by atoms with Crippen LogP contribution >= 0.6 is 0 Å². The van der Waals surface area contributed by atoms with E-state index in [1.54, 1.807) is 7.11 Å². The van der Waals surface area contributed by atoms with E-state index in [2.05, 4.69) is 44.8 Å². The second-order valence-corrected chi connectivity index (χ2v) is 8.88. The fraction of sp³-hybridized carbons (Fsp3) is 0.708. The van der Waals surface area contributed by atoms with Gasteiger partial charge in [-0.15, -0.1) is 0 Å². The maximum atomic E-state index is 5.35. The Bertz CT molecular complexity index is 616. The molecular weight excluding hydrogens is 360 g/mol. The van der Waals surface area contributed by atoms with Crippen molar-refractivity contribution in [2.45, 2.75) is 64.5 Å². The Labute approximate surface area is 177 Å². The second kappa shape index (κ2) is 11.6. The molecule has 1 saturated carbocycles. The molecule has 1 saturated heterocycles. The first-order valence-corrected chi connectivity index (χ1v) is 11.5. The Kier molecular flexibility index (Phi) is 8.81. The normalized spacial score (nSPS) is 20.0. The number of likely N-dealkylation sites (tertiary alicyclic amines) is 1. The summed E-state index contributed by atoms with van der Waals surface area (Å²) in [6.45, 7) is 6.20. The van der Waals surface area contributed by atoms with Crippen LogP contribution in [0, 0.1) is 5.41 Å². The average molecular weight is 401 g/mol. The van der Waals surface area contributed by atoms with Crippen LogP contribution in [0.25, 0.3) is 0 Å². The van der Waals surface area contributed by atoms with E-state index < -0.39 is 0 Å². The molecule has 0 radical (unpaired) electrons. The highest BCUT2D eigenvalue weighted by atomic mass is 16.5. The monoisotopic (exact) mass is 400 g/mol. The van der Waals surface area contributed by atoms with Gasteiger partial charge in [-0.05, 0) is 61.7 Å². The smallest absolute Gasteiger partial charge is 0.191 e. The van der Waals surface area contributed by atoms with Crippen molar-refractivity contribution in [2.24, 2.45) is 10.4 Å². The van der Waals surface area contributed by atoms with Crippen LogP contribution in [-0.2, 0) is 17.8 Å². The molecule has 0 atom stereocenters. The lowest BCUT2D eigenvalue weighted by atomic mass is 9.83. The molecule has 5 heteroatoms. The number of nitrogens with one attached hydrogen (secondary N) is 2. The first-order valence-electron chi connectivity index (χ1n) is 11.5. The highest BCUT2D eigenvalue weighted by Crippen LogP contribution is 2.40. The molecule has 1 aromatic rings. The molecule has 1 heterocycles. The number of aliphatic imine (C=N–C) groups is 1. The summed E-state index contributed by atoms with van der Waals surface area (Å²) in [5, 5.41) is 7.05. The number of methoxy groups -OCH3 is 1. The van der Waals surface area contributed by atoms with Gasteiger partial charge in [-0.3, -0.25) is 9.89 Å². The standard InChI is InChI=1S/C24H40N4O/c1-25-23(27-20-24(14-17-29-2)12-4-5-13-24)26-18-21-8-10-22(11-9-21)19-28-15-6-3-7-16-28/h8-11H,3-7,12-20H2,1-2H3,(H2,25,26,27). The molecule has 29 heavy (non-hydrogen) atoms. The van der Waals surface area contributed by atoms with Crippen LogP contribution in [0.3, 0.4) is 0 Å². The summed E-state index contributed by atoms with van der Waals surface area (Å²) in [5.41, 5.74) is 3.08. The molecule has 162 valence electrons. The summed E-state index contributed by atoms with van der Waals surface area (Å²) in [7, 11) is 3.65. The fourth-order valence-electron chi connectivity index (χ4n) is 4.77. The number of nitrogens with zero attached hydrogens (tertiary/aromatic N) is 2. The van der Waals surface area contributed by atoms with E-state index in [0.717, 1.165) is 38.6 Å². The van der Waals surface area contributed by atoms with Crippen molar-refractivity contribution < 1.29 is 4.74 Å². The van der Waals surface area contributed by atoms with Crippen LogP contribution in [0.15, 0.2) is 29.3 Å². The molecule has 2 N–H and O–H groups in total. The topological polar surface area (TPSA) is 48.9 Å². The first kappa shape index (κ1) is 22.1. The Hall–Kier alpha value is -1.59. The van der Waals surface area contributed by atoms with Crippen molar-refractivity contribution in [3.63, 3.8) is 0 Å². The van der Waals surface area contributed by atoms with Crippen molar-refractivity contribution in [2.75, 3.05) is 40.4 Å². The first-order chi connectivity index (χ1) is 14.2. The average Bonchev–Trinajstić information content (AvgIpc) is 3.23. The Morgan fingerprint density at radius 1 is 1.00 bits per heavy atom. The number of benzene rings is 1. The van der Waals surface area contributed by atoms with Crippen LogP contribution in [0.5, 0.6) is 0 Å². The van der Waals surface area contributed by atoms with Gasteiger partial charge in [-0.25, -0.2) is 0 Å². The summed E-state index contributed by atoms with van der Waals surface area (Å²) in [4.78, 5) is 7.00. The van der Waals surface area contributed by atoms with Crippen LogP contribution < -0.4 is 10.6 Å². The van der Waals surface area contributed by atoms with Gasteiger partial charge in [0.25, 0.3) is 0 Å². The Morgan fingerprint density at radius 3 is 2.34 bits per heavy atom. The van der Waals surface area contributed by atoms with E-state index in [4.69, 9.17) is 4.74 Å². The van der Waals surface area contributed by atoms with E-state index in [0.29, 0.717) is 5.41 Å². The molecule has 2 fully saturated rings. The van der Waals surface area contributed by atoms with Crippen molar-refractivity contribution in [3.05, 3.63) is 35.4 Å². The number of ether oxygens (including phenoxy) is 1. The Balaban J connectivity index is 1.43. The minimum Gasteiger partial charge on any atom is -0.385 e. The van der Waals surface area contributed by atoms with Gasteiger partial charge in [0.2, 0.25) is 0 Å². The molecule has 0 amide bonds. The van der Waals surface area contributed by atoms with E-state index in [1.165, 1.54) is 69.2 Å². The van der Waals surface area contributed by atoms with Crippen LogP contribution in [0.2, 0.25) is 0 Å². The molecule has 1 aromatic carbocycles. The van der Waals surface area contributed by atoms with E-state index in [1.807, 2.05) is 7.05 Å². The maximum Gasteiger partial charge on any atom is 0.191 e. The van der Waals surface area contributed by atoms with Crippen molar-refractivity contribution in [3.8, 4) is 0 Å². The molecule has 5 nitrogen and oxygen atoms in total. The predicted octanol–water partition coefficient (Wildman–Crippen LogP) is 3.93. The lowest BCUT2D eigenvalue weighted by Crippen LogP contribution is -2.43. The quantitative estimate of drug-likeness (QED) is 0.487. The summed E-state index contributed by atoms with van der Waals surface area (Å²) in [5.74, 6) is 0.895. The maximum absolute atomic E-state index is 5.35. The van der Waals surface area contributed by atoms with Crippen molar-refractivity contribution in [1.29, 1.82) is 0 Å². The zero-order chi connectivity index (χ0) is 20.4. The highest BCUT2D eigenvalue weighted by Gasteiger charge is 2.33. The molecule has 0 unspecified atom stereocenters. The molecule has 1 aliphatic heterocycles. The molecule has 2 aliphatic rings. The van der Waals surface area contributed by atoms with Gasteiger partial charge in [0.05, 0.1) is 0 Å². The van der Waals surface area contributed by atoms with Gasteiger partial charge < -0.3 is 15.4 Å². The number of piperidine rings is 1. The van der Waals surface area contributed by atoms with E-state index >= 15 is 0 Å². The van der Waals surface area contributed by atoms with Gasteiger partial charge in [-0.2, -0.15) is 0 Å². The SMILES string of the molecule is CN=C(NCc1ccc(CN2CCCCC2)cc1)NCC1(CCOC)CCCC1. The summed E-state index contributed by atoms with van der Waals surface area (Å²) in [6.07, 6.45) is 10.5. The minimum absolute atomic E-state index is 0.365. The molecule has 1 aliphatic carbocycles. The van der Waals surface area contributed by atoms with Crippen LogP contribution in [0.4, 0.5) is 0 Å². The van der Waals surface area contributed by atoms with Crippen molar-refractivity contribution in [1.82, 2.24) is 15.5 Å². The summed E-state index contributed by atoms with van der Waals surface area (Å²) in [6, 6.07) is 9.05. The van der Waals surface area contributed by atoms with E-state index in [9.17, 15) is 0 Å². The predicted molar refractivity (Wildman–Crippen MR) is 121 cm³/mol. The van der Waals surface area contributed by atoms with Gasteiger partial charge in [0.15, 0.2) is 5.96 Å². The fourth-order valence-corrected chi connectivity index (χ4v) is 4.77. The second-order valence-electron chi connectivity index (χ2n) is 8.88. The van der Waals surface area contributed by atoms with Crippen molar-refractivity contribution >= 4 is 5.96 Å². The summed E-state index contributed by atoms with van der Waals surface area (Å²) >= 11 is 0. The van der Waals surface area contributed by atoms with Gasteiger partial charge >= 0.3 is 0 Å². The number of rotatable bonds is 9. The zero-order valence-electron chi connectivity index (χ0n) is 18.5. The number of hydrogen-bond acceptors (Lipinski definition) is 3. The summed E-state index contributed by atoms with van der Waals surface area (Å²) < 4.78 is 5.35. The third-order valence-electron chi connectivity index (χ3n) is 6.69. The molecule has 0 spiro atoms. The molecule has 3 rings (SSSR count). The lowest BCUT2D eigenvalue weighted by molar-refractivity contribution is 0.138. The molecule has 0 aromatic heterocycles. The van der Waals surface area contributed by atoms with Gasteiger partial charge in [-0.1, -0.05) is 43.5 Å². The number of hydrogen-bond donors (Lipinski definition) is 2. The zero-order valence-corrected chi connectivity index (χ0v) is 18.5. The lowest BCUT2D eigenvalue weighted by Gasteiger charge is -2.30. The van der Waals surface area contributed by atoms with Gasteiger partial charge in [0, 0.05) is 40.4 Å². The Morgan fingerprint density at radius 2 is 1.69 bits per heavy atom. The third kappa shape index (κ3) is 7.00. The minimum atomic E-state index is 0.365. The molecule has 0 bridgehead atoms. The third-order valence-corrected chi connectivity index (χ3v) is 6.69. The largest absolute Gasteiger partial charge is 0.385 e.